The van der Waals surface area contributed by atoms with E-state index in [0.717, 1.165) is 6.08 Å². The van der Waals surface area contributed by atoms with Gasteiger partial charge in [0.25, 0.3) is 5.91 Å². The summed E-state index contributed by atoms with van der Waals surface area (Å²) < 4.78 is 0. The van der Waals surface area contributed by atoms with Gasteiger partial charge in [-0.3, -0.25) is 19.2 Å². The largest absolute Gasteiger partial charge is 0.507 e. The number of fused-ring (bicyclic) bond motifs is 15. The second-order valence-electron chi connectivity index (χ2n) is 12.7. The highest BCUT2D eigenvalue weighted by molar-refractivity contribution is 6.30. The zero-order valence-electron chi connectivity index (χ0n) is 27.2. The predicted octanol–water partition coefficient (Wildman–Crippen LogP) is 2.32. The molecule has 4 bridgehead atoms. The van der Waals surface area contributed by atoms with Crippen molar-refractivity contribution < 1.29 is 49.8 Å². The van der Waals surface area contributed by atoms with E-state index in [-0.39, 0.29) is 33.5 Å². The molecule has 1 aliphatic carbocycles. The molecule has 0 fully saturated rings. The lowest BCUT2D eigenvalue weighted by molar-refractivity contribution is -0.116. The van der Waals surface area contributed by atoms with E-state index >= 15 is 0 Å². The number of hydrogen-bond acceptors (Lipinski definition) is 10. The molecule has 1 aromatic rings. The molecule has 0 aromatic heterocycles. The third-order valence-electron chi connectivity index (χ3n) is 9.34. The molecule has 2 heterocycles. The SMILES string of the molecule is C/C1=C/C=C/[C@H](C)[C@H](O)[C@@H](C)[C@@H](O)[C@@H](C)[C@H](O)[C@H](C)[C@@H](O)[C@H](CO)/C=C(/C)C(=O)c2c(O)c(C)cc3c2C(=O)C=C(NC1=O)C3=O. The van der Waals surface area contributed by atoms with Crippen LogP contribution in [-0.4, -0.2) is 84.9 Å². The molecule has 46 heavy (non-hydrogen) atoms. The van der Waals surface area contributed by atoms with Crippen LogP contribution < -0.4 is 5.32 Å². The summed E-state index contributed by atoms with van der Waals surface area (Å²) in [5.41, 5.74) is -1.02. The van der Waals surface area contributed by atoms with Gasteiger partial charge < -0.3 is 36.0 Å². The van der Waals surface area contributed by atoms with Crippen molar-refractivity contribution in [2.45, 2.75) is 72.9 Å². The van der Waals surface area contributed by atoms with E-state index in [2.05, 4.69) is 5.32 Å². The van der Waals surface area contributed by atoms with E-state index in [0.29, 0.717) is 0 Å². The summed E-state index contributed by atoms with van der Waals surface area (Å²) >= 11 is 0. The molecule has 0 spiro atoms. The number of hydrogen-bond donors (Lipinski definition) is 7. The Bertz CT molecular complexity index is 1520. The standard InChI is InChI=1S/C35H45NO10/c1-15-9-8-10-16(2)35(46)36-24-13-25(38)26-23(34(24)45)12-18(4)30(41)27(26)29(40)17(3)11-22(14-37)33(44)21(7)32(43)20(6)31(42)19(5)28(15)39/h8-13,15,19-22,28,31-33,37,39,41-44H,14H2,1-7H3,(H,36,46)/b9-8+,16-10-,17-11-/t15-,19+,20+,21-,22-,28-,31+,32-,33+/m0/s1. The summed E-state index contributed by atoms with van der Waals surface area (Å²) in [4.78, 5) is 53.5. The zero-order chi connectivity index (χ0) is 34.8. The minimum atomic E-state index is -1.39. The highest BCUT2D eigenvalue weighted by Gasteiger charge is 2.39. The van der Waals surface area contributed by atoms with Gasteiger partial charge in [-0.25, -0.2) is 0 Å². The van der Waals surface area contributed by atoms with Gasteiger partial charge in [0.05, 0.1) is 42.3 Å². The lowest BCUT2D eigenvalue weighted by Crippen LogP contribution is -2.46. The molecule has 2 aliphatic heterocycles. The smallest absolute Gasteiger partial charge is 0.251 e. The van der Waals surface area contributed by atoms with Gasteiger partial charge >= 0.3 is 0 Å². The molecule has 0 unspecified atom stereocenters. The fourth-order valence-corrected chi connectivity index (χ4v) is 6.04. The van der Waals surface area contributed by atoms with Crippen LogP contribution in [0.15, 0.2) is 53.3 Å². The van der Waals surface area contributed by atoms with Crippen molar-refractivity contribution in [2.75, 3.05) is 6.61 Å². The molecule has 0 saturated heterocycles. The van der Waals surface area contributed by atoms with Gasteiger partial charge in [-0.2, -0.15) is 0 Å². The summed E-state index contributed by atoms with van der Waals surface area (Å²) in [6.07, 6.45) is 1.87. The molecule has 7 N–H and O–H groups in total. The lowest BCUT2D eigenvalue weighted by Gasteiger charge is -2.37. The van der Waals surface area contributed by atoms with Crippen molar-refractivity contribution in [3.8, 4) is 5.75 Å². The summed E-state index contributed by atoms with van der Waals surface area (Å²) in [6.45, 7) is 10.1. The monoisotopic (exact) mass is 639 g/mol. The highest BCUT2D eigenvalue weighted by Crippen LogP contribution is 2.35. The van der Waals surface area contributed by atoms with Crippen molar-refractivity contribution in [3.05, 3.63) is 75.5 Å². The lowest BCUT2D eigenvalue weighted by atomic mass is 9.76. The van der Waals surface area contributed by atoms with E-state index in [9.17, 15) is 49.8 Å². The van der Waals surface area contributed by atoms with E-state index in [1.165, 1.54) is 45.9 Å². The van der Waals surface area contributed by atoms with Crippen molar-refractivity contribution >= 4 is 23.3 Å². The van der Waals surface area contributed by atoms with Crippen LogP contribution in [0.25, 0.3) is 0 Å². The topological polar surface area (TPSA) is 202 Å². The van der Waals surface area contributed by atoms with Crippen LogP contribution in [0, 0.1) is 36.5 Å². The van der Waals surface area contributed by atoms with Crippen molar-refractivity contribution in [1.29, 1.82) is 0 Å². The molecular formula is C35H45NO10. The number of rotatable bonds is 1. The number of phenols is 1. The molecule has 9 atom stereocenters. The predicted molar refractivity (Wildman–Crippen MR) is 170 cm³/mol. The molecule has 11 heteroatoms. The molecule has 1 aromatic carbocycles. The molecule has 1 amide bonds. The maximum absolute atomic E-state index is 13.7. The molecule has 4 rings (SSSR count). The van der Waals surface area contributed by atoms with E-state index in [1.54, 1.807) is 32.9 Å². The number of aryl methyl sites for hydroxylation is 1. The number of aliphatic hydroxyl groups is 5. The Morgan fingerprint density at radius 3 is 1.91 bits per heavy atom. The number of nitrogens with one attached hydrogen (secondary N) is 1. The Balaban J connectivity index is 2.19. The second kappa shape index (κ2) is 14.8. The highest BCUT2D eigenvalue weighted by atomic mass is 16.3. The van der Waals surface area contributed by atoms with Gasteiger partial charge in [-0.05, 0) is 38.0 Å². The molecule has 250 valence electrons. The second-order valence-corrected chi connectivity index (χ2v) is 12.7. The number of carbonyl (C=O) groups excluding carboxylic acids is 4. The summed E-state index contributed by atoms with van der Waals surface area (Å²) in [6, 6.07) is 1.26. The molecule has 0 saturated carbocycles. The third kappa shape index (κ3) is 7.29. The van der Waals surface area contributed by atoms with E-state index < -0.39 is 95.2 Å². The minimum Gasteiger partial charge on any atom is -0.507 e. The molecule has 11 nitrogen and oxygen atoms in total. The molecular weight excluding hydrogens is 594 g/mol. The first-order valence-corrected chi connectivity index (χ1v) is 15.3. The van der Waals surface area contributed by atoms with Gasteiger partial charge in [0, 0.05) is 52.4 Å². The number of phenolic OH excluding ortho intramolecular Hbond substituents is 1. The maximum Gasteiger partial charge on any atom is 0.251 e. The van der Waals surface area contributed by atoms with Crippen LogP contribution in [0.3, 0.4) is 0 Å². The zero-order valence-corrected chi connectivity index (χ0v) is 27.2. The normalized spacial score (nSPS) is 35.0. The summed E-state index contributed by atoms with van der Waals surface area (Å²) in [5.74, 6) is -7.57. The van der Waals surface area contributed by atoms with Gasteiger partial charge in [-0.15, -0.1) is 0 Å². The van der Waals surface area contributed by atoms with E-state index in [1.807, 2.05) is 0 Å². The average molecular weight is 640 g/mol. The fourth-order valence-electron chi connectivity index (χ4n) is 6.04. The van der Waals surface area contributed by atoms with Crippen LogP contribution in [0.2, 0.25) is 0 Å². The van der Waals surface area contributed by atoms with Crippen LogP contribution in [0.4, 0.5) is 0 Å². The fraction of sp³-hybridized carbons (Fsp3) is 0.486. The van der Waals surface area contributed by atoms with Crippen LogP contribution in [-0.2, 0) is 4.79 Å². The third-order valence-corrected chi connectivity index (χ3v) is 9.34. The summed E-state index contributed by atoms with van der Waals surface area (Å²) in [5, 5.41) is 67.8. The van der Waals surface area contributed by atoms with Crippen LogP contribution >= 0.6 is 0 Å². The van der Waals surface area contributed by atoms with Crippen molar-refractivity contribution in [2.24, 2.45) is 29.6 Å². The van der Waals surface area contributed by atoms with Crippen molar-refractivity contribution in [3.63, 3.8) is 0 Å². The quantitative estimate of drug-likeness (QED) is 0.239. The number of amides is 1. The van der Waals surface area contributed by atoms with Gasteiger partial charge in [-0.1, -0.05) is 52.0 Å². The Hall–Kier alpha value is -3.74. The Labute approximate surface area is 268 Å². The van der Waals surface area contributed by atoms with Gasteiger partial charge in [0.2, 0.25) is 5.78 Å². The number of allylic oxidation sites excluding steroid dienone is 5. The Kier molecular flexibility index (Phi) is 11.8. The Morgan fingerprint density at radius 2 is 1.33 bits per heavy atom. The maximum atomic E-state index is 13.7. The number of aromatic hydroxyl groups is 1. The first-order valence-electron chi connectivity index (χ1n) is 15.3. The minimum absolute atomic E-state index is 0.0586. The number of carbonyl (C=O) groups is 4. The average Bonchev–Trinajstić information content (AvgIpc) is 3.03. The number of Topliss-reactive ketones (excluding diaryl/α,β-unsaturated/α-hetero) is 2. The molecule has 0 radical (unpaired) electrons. The first kappa shape index (κ1) is 36.7. The van der Waals surface area contributed by atoms with Gasteiger partial charge in [0.1, 0.15) is 5.75 Å². The Morgan fingerprint density at radius 1 is 0.761 bits per heavy atom. The molecule has 3 aliphatic rings. The van der Waals surface area contributed by atoms with Crippen LogP contribution in [0.5, 0.6) is 5.75 Å². The summed E-state index contributed by atoms with van der Waals surface area (Å²) in [7, 11) is 0. The number of ketones is 3. The number of aliphatic hydroxyl groups excluding tert-OH is 5. The first-order chi connectivity index (χ1) is 21.4. The van der Waals surface area contributed by atoms with Crippen molar-refractivity contribution in [1.82, 2.24) is 5.32 Å². The van der Waals surface area contributed by atoms with E-state index in [4.69, 9.17) is 0 Å². The van der Waals surface area contributed by atoms with Gasteiger partial charge in [0.15, 0.2) is 11.6 Å². The van der Waals surface area contributed by atoms with Crippen LogP contribution in [0.1, 0.15) is 78.2 Å². The number of benzene rings is 1.